The summed E-state index contributed by atoms with van der Waals surface area (Å²) in [7, 11) is 0. The molecule has 2 aromatic carbocycles. The number of rotatable bonds is 7. The number of amides is 1. The molecule has 0 unspecified atom stereocenters. The molecule has 0 aliphatic rings. The average molecular weight is 453 g/mol. The van der Waals surface area contributed by atoms with E-state index in [-0.39, 0.29) is 34.9 Å². The van der Waals surface area contributed by atoms with Crippen molar-refractivity contribution < 1.29 is 9.72 Å². The normalized spacial score (nSPS) is 10.9. The number of benzene rings is 2. The van der Waals surface area contributed by atoms with Crippen molar-refractivity contribution in [1.82, 2.24) is 24.6 Å². The molecule has 0 bridgehead atoms. The van der Waals surface area contributed by atoms with Crippen LogP contribution in [0, 0.1) is 10.1 Å². The molecule has 2 aromatic heterocycles. The van der Waals surface area contributed by atoms with Crippen LogP contribution >= 0.6 is 11.6 Å². The predicted molar refractivity (Wildman–Crippen MR) is 118 cm³/mol. The standard InChI is InChI=1S/C21H17ClN6O4/c22-15-6-7-18(28(31)32)16(10-15)20(29)23-8-9-27-19-17(11-25-27)21(30)26(13-24-19)12-14-4-2-1-3-5-14/h1-7,10-11,13H,8-9,12H2,(H,23,29). The molecule has 1 amide bonds. The maximum Gasteiger partial charge on any atom is 0.282 e. The molecule has 11 heteroatoms. The van der Waals surface area contributed by atoms with Crippen LogP contribution < -0.4 is 10.9 Å². The highest BCUT2D eigenvalue weighted by molar-refractivity contribution is 6.31. The van der Waals surface area contributed by atoms with Crippen LogP contribution in [-0.4, -0.2) is 36.7 Å². The maximum atomic E-state index is 12.8. The summed E-state index contributed by atoms with van der Waals surface area (Å²) in [5.74, 6) is -0.631. The van der Waals surface area contributed by atoms with Gasteiger partial charge in [0, 0.05) is 17.6 Å². The van der Waals surface area contributed by atoms with Crippen molar-refractivity contribution in [3.05, 3.63) is 97.7 Å². The van der Waals surface area contributed by atoms with E-state index in [1.165, 1.54) is 40.0 Å². The predicted octanol–water partition coefficient (Wildman–Crippen LogP) is 2.63. The number of nitrogens with zero attached hydrogens (tertiary/aromatic N) is 5. The van der Waals surface area contributed by atoms with Gasteiger partial charge in [-0.25, -0.2) is 9.67 Å². The fourth-order valence-corrected chi connectivity index (χ4v) is 3.45. The monoisotopic (exact) mass is 452 g/mol. The van der Waals surface area contributed by atoms with Gasteiger partial charge in [0.05, 0.1) is 24.2 Å². The molecule has 0 aliphatic carbocycles. The van der Waals surface area contributed by atoms with Crippen LogP contribution in [0.2, 0.25) is 5.02 Å². The van der Waals surface area contributed by atoms with Crippen molar-refractivity contribution in [2.75, 3.05) is 6.54 Å². The zero-order valence-corrected chi connectivity index (χ0v) is 17.4. The third-order valence-corrected chi connectivity index (χ3v) is 5.06. The van der Waals surface area contributed by atoms with Crippen molar-refractivity contribution in [2.24, 2.45) is 0 Å². The van der Waals surface area contributed by atoms with E-state index in [2.05, 4.69) is 15.4 Å². The van der Waals surface area contributed by atoms with Crippen molar-refractivity contribution in [3.63, 3.8) is 0 Å². The van der Waals surface area contributed by atoms with Gasteiger partial charge in [-0.2, -0.15) is 5.10 Å². The van der Waals surface area contributed by atoms with E-state index < -0.39 is 10.8 Å². The van der Waals surface area contributed by atoms with Crippen LogP contribution in [0.4, 0.5) is 5.69 Å². The summed E-state index contributed by atoms with van der Waals surface area (Å²) < 4.78 is 3.00. The maximum absolute atomic E-state index is 12.8. The van der Waals surface area contributed by atoms with E-state index in [0.29, 0.717) is 17.6 Å². The molecule has 4 rings (SSSR count). The molecule has 10 nitrogen and oxygen atoms in total. The van der Waals surface area contributed by atoms with E-state index in [4.69, 9.17) is 11.6 Å². The molecule has 2 heterocycles. The SMILES string of the molecule is O=C(NCCn1ncc2c(=O)n(Cc3ccccc3)cnc21)c1cc(Cl)ccc1[N+](=O)[O-]. The number of carbonyl (C=O) groups excluding carboxylic acids is 1. The second-order valence-corrected chi connectivity index (χ2v) is 7.38. The van der Waals surface area contributed by atoms with Gasteiger partial charge in [-0.1, -0.05) is 41.9 Å². The van der Waals surface area contributed by atoms with Crippen LogP contribution in [-0.2, 0) is 13.1 Å². The van der Waals surface area contributed by atoms with Gasteiger partial charge in [0.1, 0.15) is 17.3 Å². The highest BCUT2D eigenvalue weighted by Crippen LogP contribution is 2.22. The van der Waals surface area contributed by atoms with Gasteiger partial charge in [-0.05, 0) is 17.7 Å². The average Bonchev–Trinajstić information content (AvgIpc) is 3.20. The largest absolute Gasteiger partial charge is 0.350 e. The number of hydrogen-bond donors (Lipinski definition) is 1. The van der Waals surface area contributed by atoms with Gasteiger partial charge < -0.3 is 5.32 Å². The van der Waals surface area contributed by atoms with Gasteiger partial charge in [0.2, 0.25) is 0 Å². The number of carbonyl (C=O) groups is 1. The number of nitrogens with one attached hydrogen (secondary N) is 1. The quantitative estimate of drug-likeness (QED) is 0.339. The summed E-state index contributed by atoms with van der Waals surface area (Å²) in [6, 6.07) is 13.3. The summed E-state index contributed by atoms with van der Waals surface area (Å²) >= 11 is 5.87. The first-order valence-corrected chi connectivity index (χ1v) is 9.99. The number of fused-ring (bicyclic) bond motifs is 1. The lowest BCUT2D eigenvalue weighted by molar-refractivity contribution is -0.385. The van der Waals surface area contributed by atoms with E-state index >= 15 is 0 Å². The second kappa shape index (κ2) is 8.98. The fourth-order valence-electron chi connectivity index (χ4n) is 3.27. The van der Waals surface area contributed by atoms with Crippen LogP contribution in [0.1, 0.15) is 15.9 Å². The molecule has 162 valence electrons. The molecule has 0 aliphatic heterocycles. The summed E-state index contributed by atoms with van der Waals surface area (Å²) in [6.07, 6.45) is 2.90. The molecule has 0 spiro atoms. The Morgan fingerprint density at radius 3 is 2.72 bits per heavy atom. The molecule has 0 fully saturated rings. The topological polar surface area (TPSA) is 125 Å². The molecule has 0 radical (unpaired) electrons. The third kappa shape index (κ3) is 4.35. The number of aromatic nitrogens is 4. The van der Waals surface area contributed by atoms with Crippen molar-refractivity contribution in [1.29, 1.82) is 0 Å². The van der Waals surface area contributed by atoms with Gasteiger partial charge in [-0.3, -0.25) is 24.3 Å². The van der Waals surface area contributed by atoms with E-state index in [1.54, 1.807) is 0 Å². The molecular weight excluding hydrogens is 436 g/mol. The van der Waals surface area contributed by atoms with Crippen LogP contribution in [0.5, 0.6) is 0 Å². The Morgan fingerprint density at radius 1 is 1.19 bits per heavy atom. The summed E-state index contributed by atoms with van der Waals surface area (Å²) in [6.45, 7) is 0.731. The summed E-state index contributed by atoms with van der Waals surface area (Å²) in [5.41, 5.74) is 0.679. The van der Waals surface area contributed by atoms with Crippen molar-refractivity contribution in [2.45, 2.75) is 13.1 Å². The van der Waals surface area contributed by atoms with Crippen LogP contribution in [0.15, 0.2) is 65.8 Å². The van der Waals surface area contributed by atoms with Crippen LogP contribution in [0.25, 0.3) is 11.0 Å². The van der Waals surface area contributed by atoms with Gasteiger partial charge in [0.25, 0.3) is 17.2 Å². The summed E-state index contributed by atoms with van der Waals surface area (Å²) in [4.78, 5) is 40.0. The minimum atomic E-state index is -0.642. The highest BCUT2D eigenvalue weighted by atomic mass is 35.5. The lowest BCUT2D eigenvalue weighted by atomic mass is 10.1. The third-order valence-electron chi connectivity index (χ3n) is 4.83. The van der Waals surface area contributed by atoms with Crippen molar-refractivity contribution in [3.8, 4) is 0 Å². The van der Waals surface area contributed by atoms with Crippen molar-refractivity contribution >= 4 is 34.2 Å². The molecule has 0 saturated carbocycles. The first-order chi connectivity index (χ1) is 15.4. The number of halogens is 1. The fraction of sp³-hybridized carbons (Fsp3) is 0.143. The van der Waals surface area contributed by atoms with E-state index in [1.807, 2.05) is 30.3 Å². The Bertz CT molecular complexity index is 1370. The first-order valence-electron chi connectivity index (χ1n) is 9.61. The van der Waals surface area contributed by atoms with E-state index in [0.717, 1.165) is 5.56 Å². The molecular formula is C21H17ClN6O4. The zero-order chi connectivity index (χ0) is 22.7. The Labute approximate surface area is 186 Å². The van der Waals surface area contributed by atoms with Gasteiger partial charge >= 0.3 is 0 Å². The van der Waals surface area contributed by atoms with Crippen LogP contribution in [0.3, 0.4) is 0 Å². The lowest BCUT2D eigenvalue weighted by Crippen LogP contribution is -2.28. The first kappa shape index (κ1) is 21.2. The Kier molecular flexibility index (Phi) is 5.95. The zero-order valence-electron chi connectivity index (χ0n) is 16.6. The summed E-state index contributed by atoms with van der Waals surface area (Å²) in [5, 5.41) is 18.5. The van der Waals surface area contributed by atoms with Gasteiger partial charge in [-0.15, -0.1) is 0 Å². The van der Waals surface area contributed by atoms with E-state index in [9.17, 15) is 19.7 Å². The number of nitro benzene ring substituents is 1. The minimum Gasteiger partial charge on any atom is -0.350 e. The molecule has 1 N–H and O–H groups in total. The molecule has 32 heavy (non-hydrogen) atoms. The Morgan fingerprint density at radius 2 is 1.97 bits per heavy atom. The second-order valence-electron chi connectivity index (χ2n) is 6.94. The molecule has 4 aromatic rings. The molecule has 0 atom stereocenters. The minimum absolute atomic E-state index is 0.119. The molecule has 0 saturated heterocycles. The Balaban J connectivity index is 1.47. The Hall–Kier alpha value is -4.05. The smallest absolute Gasteiger partial charge is 0.282 e. The highest BCUT2D eigenvalue weighted by Gasteiger charge is 2.20. The number of nitro groups is 1. The number of hydrogen-bond acceptors (Lipinski definition) is 6. The lowest BCUT2D eigenvalue weighted by Gasteiger charge is -2.08. The van der Waals surface area contributed by atoms with Gasteiger partial charge in [0.15, 0.2) is 5.65 Å².